The van der Waals surface area contributed by atoms with Crippen LogP contribution < -0.4 is 10.0 Å². The van der Waals surface area contributed by atoms with Crippen molar-refractivity contribution >= 4 is 21.6 Å². The molecule has 0 fully saturated rings. The zero-order chi connectivity index (χ0) is 23.0. The number of benzene rings is 1. The summed E-state index contributed by atoms with van der Waals surface area (Å²) in [5.41, 5.74) is 0.301. The smallest absolute Gasteiger partial charge is 0.264 e. The second kappa shape index (κ2) is 16.1. The maximum atomic E-state index is 14.1. The number of rotatable bonds is 18. The van der Waals surface area contributed by atoms with Gasteiger partial charge in [-0.2, -0.15) is 0 Å². The summed E-state index contributed by atoms with van der Waals surface area (Å²) < 4.78 is 38.2. The lowest BCUT2D eigenvalue weighted by atomic mass is 10.0. The number of anilines is 1. The first-order chi connectivity index (χ1) is 14.8. The van der Waals surface area contributed by atoms with Crippen molar-refractivity contribution in [2.75, 3.05) is 18.1 Å². The number of hydrogen-bond donors (Lipinski definition) is 2. The third-order valence-electron chi connectivity index (χ3n) is 5.36. The molecule has 0 aliphatic heterocycles. The van der Waals surface area contributed by atoms with Crippen LogP contribution in [0.2, 0.25) is 0 Å². The number of hydrogen-bond acceptors (Lipinski definition) is 4. The second-order valence-electron chi connectivity index (χ2n) is 8.42. The fraction of sp³-hybridized carbons (Fsp3) is 0.708. The molecule has 0 aromatic heterocycles. The van der Waals surface area contributed by atoms with E-state index in [-0.39, 0.29) is 5.56 Å². The van der Waals surface area contributed by atoms with E-state index < -0.39 is 21.7 Å². The van der Waals surface area contributed by atoms with Crippen molar-refractivity contribution in [1.82, 2.24) is 4.72 Å². The predicted molar refractivity (Wildman–Crippen MR) is 128 cm³/mol. The molecule has 1 aromatic carbocycles. The molecule has 0 spiro atoms. The standard InChI is InChI=1S/C24H41FN2O3S/c1-3-4-5-6-7-8-9-10-11-12-13-14-15-16-19-26-23-18-17-21(20-22(23)25)24(28)27-31(2,29)30/h17-18,20,26H,3-16,19H2,1-2H3,(H,27,28). The van der Waals surface area contributed by atoms with Gasteiger partial charge in [-0.25, -0.2) is 17.5 Å². The summed E-state index contributed by atoms with van der Waals surface area (Å²) in [6, 6.07) is 3.93. The number of sulfonamides is 1. The average molecular weight is 457 g/mol. The van der Waals surface area contributed by atoms with Crippen LogP contribution in [-0.4, -0.2) is 27.1 Å². The average Bonchev–Trinajstić information content (AvgIpc) is 2.70. The third-order valence-corrected chi connectivity index (χ3v) is 5.91. The van der Waals surface area contributed by atoms with E-state index in [0.717, 1.165) is 25.2 Å². The van der Waals surface area contributed by atoms with Crippen LogP contribution in [0, 0.1) is 5.82 Å². The molecule has 0 aliphatic carbocycles. The summed E-state index contributed by atoms with van der Waals surface area (Å²) in [6.07, 6.45) is 19.0. The summed E-state index contributed by atoms with van der Waals surface area (Å²) in [5, 5.41) is 3.05. The quantitative estimate of drug-likeness (QED) is 0.250. The number of carbonyl (C=O) groups excluding carboxylic acids is 1. The summed E-state index contributed by atoms with van der Waals surface area (Å²) >= 11 is 0. The molecule has 0 radical (unpaired) electrons. The third kappa shape index (κ3) is 14.1. The molecular formula is C24H41FN2O3S. The van der Waals surface area contributed by atoms with Crippen LogP contribution in [0.25, 0.3) is 0 Å². The Morgan fingerprint density at radius 3 is 1.77 bits per heavy atom. The number of nitrogens with one attached hydrogen (secondary N) is 2. The van der Waals surface area contributed by atoms with Gasteiger partial charge in [0.2, 0.25) is 10.0 Å². The fourth-order valence-electron chi connectivity index (χ4n) is 3.57. The topological polar surface area (TPSA) is 75.3 Å². The molecule has 1 amide bonds. The van der Waals surface area contributed by atoms with Crippen molar-refractivity contribution in [2.45, 2.75) is 96.8 Å². The van der Waals surface area contributed by atoms with Gasteiger partial charge in [0.25, 0.3) is 5.91 Å². The molecule has 0 heterocycles. The van der Waals surface area contributed by atoms with Crippen LogP contribution in [0.3, 0.4) is 0 Å². The predicted octanol–water partition coefficient (Wildman–Crippen LogP) is 6.41. The second-order valence-corrected chi connectivity index (χ2v) is 10.2. The van der Waals surface area contributed by atoms with E-state index in [1.165, 1.54) is 89.2 Å². The van der Waals surface area contributed by atoms with E-state index in [0.29, 0.717) is 12.2 Å². The highest BCUT2D eigenvalue weighted by Crippen LogP contribution is 2.17. The first-order valence-electron chi connectivity index (χ1n) is 11.9. The van der Waals surface area contributed by atoms with Crippen LogP contribution >= 0.6 is 0 Å². The van der Waals surface area contributed by atoms with Gasteiger partial charge in [0.1, 0.15) is 5.82 Å². The van der Waals surface area contributed by atoms with Crippen LogP contribution in [0.4, 0.5) is 10.1 Å². The van der Waals surface area contributed by atoms with E-state index in [2.05, 4.69) is 12.2 Å². The Labute approximate surface area is 188 Å². The molecule has 178 valence electrons. The number of carbonyl (C=O) groups is 1. The van der Waals surface area contributed by atoms with Crippen LogP contribution in [0.15, 0.2) is 18.2 Å². The fourth-order valence-corrected chi connectivity index (χ4v) is 4.02. The van der Waals surface area contributed by atoms with Gasteiger partial charge in [0.15, 0.2) is 0 Å². The van der Waals surface area contributed by atoms with Crippen molar-refractivity contribution in [1.29, 1.82) is 0 Å². The largest absolute Gasteiger partial charge is 0.383 e. The van der Waals surface area contributed by atoms with Gasteiger partial charge in [-0.1, -0.05) is 90.4 Å². The van der Waals surface area contributed by atoms with Crippen molar-refractivity contribution in [3.8, 4) is 0 Å². The van der Waals surface area contributed by atoms with Crippen molar-refractivity contribution in [3.05, 3.63) is 29.6 Å². The molecule has 0 unspecified atom stereocenters. The maximum absolute atomic E-state index is 14.1. The number of amides is 1. The minimum atomic E-state index is -3.67. The molecule has 0 saturated carbocycles. The van der Waals surface area contributed by atoms with Crippen LogP contribution in [-0.2, 0) is 10.0 Å². The summed E-state index contributed by atoms with van der Waals surface area (Å²) in [6.45, 7) is 2.92. The van der Waals surface area contributed by atoms with Gasteiger partial charge in [-0.05, 0) is 24.6 Å². The van der Waals surface area contributed by atoms with Gasteiger partial charge in [-0.15, -0.1) is 0 Å². The minimum Gasteiger partial charge on any atom is -0.383 e. The molecule has 31 heavy (non-hydrogen) atoms. The minimum absolute atomic E-state index is 0.0232. The molecule has 5 nitrogen and oxygen atoms in total. The van der Waals surface area contributed by atoms with Crippen LogP contribution in [0.5, 0.6) is 0 Å². The first-order valence-corrected chi connectivity index (χ1v) is 13.8. The van der Waals surface area contributed by atoms with Crippen molar-refractivity contribution in [3.63, 3.8) is 0 Å². The van der Waals surface area contributed by atoms with Crippen LogP contribution in [0.1, 0.15) is 107 Å². The van der Waals surface area contributed by atoms with E-state index in [4.69, 9.17) is 0 Å². The molecule has 1 rings (SSSR count). The highest BCUT2D eigenvalue weighted by molar-refractivity contribution is 7.89. The van der Waals surface area contributed by atoms with Gasteiger partial charge >= 0.3 is 0 Å². The molecule has 0 bridgehead atoms. The lowest BCUT2D eigenvalue weighted by Gasteiger charge is -2.09. The first kappa shape index (κ1) is 27.4. The Bertz CT molecular complexity index is 738. The Kier molecular flexibility index (Phi) is 14.2. The number of halogens is 1. The van der Waals surface area contributed by atoms with E-state index in [9.17, 15) is 17.6 Å². The Morgan fingerprint density at radius 1 is 0.839 bits per heavy atom. The highest BCUT2D eigenvalue weighted by Gasteiger charge is 2.13. The van der Waals surface area contributed by atoms with Crippen molar-refractivity contribution < 1.29 is 17.6 Å². The van der Waals surface area contributed by atoms with Gasteiger partial charge in [0.05, 0.1) is 11.9 Å². The molecule has 0 aliphatic rings. The highest BCUT2D eigenvalue weighted by atomic mass is 32.2. The SMILES string of the molecule is CCCCCCCCCCCCCCCCNc1ccc(C(=O)NS(C)(=O)=O)cc1F. The Balaban J connectivity index is 2.05. The molecule has 0 saturated heterocycles. The zero-order valence-corrected chi connectivity index (χ0v) is 20.2. The number of unbranched alkanes of at least 4 members (excludes halogenated alkanes) is 13. The van der Waals surface area contributed by atoms with E-state index in [1.807, 2.05) is 4.72 Å². The Hall–Kier alpha value is -1.63. The van der Waals surface area contributed by atoms with Gasteiger partial charge < -0.3 is 5.32 Å². The summed E-state index contributed by atoms with van der Waals surface area (Å²) in [7, 11) is -3.67. The molecule has 7 heteroatoms. The summed E-state index contributed by atoms with van der Waals surface area (Å²) in [5.74, 6) is -1.40. The Morgan fingerprint density at radius 2 is 1.32 bits per heavy atom. The molecule has 2 N–H and O–H groups in total. The monoisotopic (exact) mass is 456 g/mol. The maximum Gasteiger partial charge on any atom is 0.264 e. The van der Waals surface area contributed by atoms with Gasteiger partial charge in [0, 0.05) is 12.1 Å². The van der Waals surface area contributed by atoms with E-state index >= 15 is 0 Å². The zero-order valence-electron chi connectivity index (χ0n) is 19.3. The molecule has 0 atom stereocenters. The normalized spacial score (nSPS) is 11.5. The summed E-state index contributed by atoms with van der Waals surface area (Å²) in [4.78, 5) is 11.8. The van der Waals surface area contributed by atoms with E-state index in [1.54, 1.807) is 0 Å². The lowest BCUT2D eigenvalue weighted by molar-refractivity contribution is 0.0981. The lowest BCUT2D eigenvalue weighted by Crippen LogP contribution is -2.29. The van der Waals surface area contributed by atoms with Crippen molar-refractivity contribution in [2.24, 2.45) is 0 Å². The molecular weight excluding hydrogens is 415 g/mol. The van der Waals surface area contributed by atoms with Gasteiger partial charge in [-0.3, -0.25) is 4.79 Å². The molecule has 1 aromatic rings.